The van der Waals surface area contributed by atoms with Crippen LogP contribution in [-0.2, 0) is 9.53 Å². The largest absolute Gasteiger partial charge is 0.507 e. The summed E-state index contributed by atoms with van der Waals surface area (Å²) >= 11 is 0. The average Bonchev–Trinajstić information content (AvgIpc) is 2.71. The maximum absolute atomic E-state index is 12.5. The smallest absolute Gasteiger partial charge is 0.266 e. The molecule has 28 heavy (non-hydrogen) atoms. The summed E-state index contributed by atoms with van der Waals surface area (Å²) in [6.07, 6.45) is 1.52. The van der Waals surface area contributed by atoms with Crippen molar-refractivity contribution in [1.82, 2.24) is 0 Å². The first-order chi connectivity index (χ1) is 13.5. The monoisotopic (exact) mass is 377 g/mol. The number of nitrogens with one attached hydrogen (secondary N) is 1. The second-order valence-corrected chi connectivity index (χ2v) is 6.77. The first kappa shape index (κ1) is 19.5. The van der Waals surface area contributed by atoms with Crippen molar-refractivity contribution in [3.05, 3.63) is 58.7 Å². The highest BCUT2D eigenvalue weighted by atomic mass is 16.5. The number of aryl methyl sites for hydroxylation is 2. The van der Waals surface area contributed by atoms with E-state index >= 15 is 0 Å². The molecular formula is C22H23N3O3. The number of morpholine rings is 1. The summed E-state index contributed by atoms with van der Waals surface area (Å²) in [5, 5.41) is 22.0. The molecule has 0 atom stereocenters. The number of phenolic OH excluding ortho intramolecular Hbond substituents is 1. The molecule has 1 fully saturated rings. The maximum Gasteiger partial charge on any atom is 0.266 e. The number of hydrogen-bond donors (Lipinski definition) is 2. The van der Waals surface area contributed by atoms with Gasteiger partial charge in [-0.1, -0.05) is 0 Å². The molecule has 2 N–H and O–H groups in total. The third kappa shape index (κ3) is 4.51. The van der Waals surface area contributed by atoms with E-state index in [9.17, 15) is 15.2 Å². The highest BCUT2D eigenvalue weighted by Crippen LogP contribution is 2.24. The standard InChI is InChI=1S/C22H23N3O3/c1-15-11-17(12-16(2)21(15)26)13-18(14-23)22(27)24-19-3-5-20(6-4-19)25-7-9-28-10-8-25/h3-6,11-13,26H,7-10H2,1-2H3,(H,24,27)/b18-13+. The number of benzene rings is 2. The molecule has 0 spiro atoms. The van der Waals surface area contributed by atoms with Gasteiger partial charge in [-0.15, -0.1) is 0 Å². The van der Waals surface area contributed by atoms with Crippen molar-refractivity contribution in [3.8, 4) is 11.8 Å². The van der Waals surface area contributed by atoms with Gasteiger partial charge >= 0.3 is 0 Å². The molecule has 6 nitrogen and oxygen atoms in total. The second-order valence-electron chi connectivity index (χ2n) is 6.77. The fraction of sp³-hybridized carbons (Fsp3) is 0.273. The highest BCUT2D eigenvalue weighted by Gasteiger charge is 2.13. The van der Waals surface area contributed by atoms with E-state index in [-0.39, 0.29) is 11.3 Å². The molecule has 0 aromatic heterocycles. The summed E-state index contributed by atoms with van der Waals surface area (Å²) in [6.45, 7) is 6.68. The van der Waals surface area contributed by atoms with Crippen LogP contribution in [0.4, 0.5) is 11.4 Å². The van der Waals surface area contributed by atoms with Crippen LogP contribution in [0.2, 0.25) is 0 Å². The molecule has 1 aliphatic heterocycles. The van der Waals surface area contributed by atoms with Gasteiger partial charge in [-0.3, -0.25) is 4.79 Å². The van der Waals surface area contributed by atoms with E-state index < -0.39 is 5.91 Å². The molecule has 1 amide bonds. The molecule has 1 saturated heterocycles. The van der Waals surface area contributed by atoms with Crippen LogP contribution in [0.15, 0.2) is 42.0 Å². The van der Waals surface area contributed by atoms with E-state index in [4.69, 9.17) is 4.74 Å². The van der Waals surface area contributed by atoms with Crippen molar-refractivity contribution in [3.63, 3.8) is 0 Å². The number of hydrogen-bond acceptors (Lipinski definition) is 5. The summed E-state index contributed by atoms with van der Waals surface area (Å²) in [6, 6.07) is 13.0. The minimum atomic E-state index is -0.468. The Morgan fingerprint density at radius 1 is 1.18 bits per heavy atom. The molecule has 2 aromatic rings. The van der Waals surface area contributed by atoms with Gasteiger partial charge in [0.25, 0.3) is 5.91 Å². The van der Waals surface area contributed by atoms with Crippen molar-refractivity contribution in [1.29, 1.82) is 5.26 Å². The third-order valence-electron chi connectivity index (χ3n) is 4.69. The average molecular weight is 377 g/mol. The molecule has 0 aliphatic carbocycles. The van der Waals surface area contributed by atoms with Crippen LogP contribution >= 0.6 is 0 Å². The number of nitrogens with zero attached hydrogens (tertiary/aromatic N) is 2. The minimum Gasteiger partial charge on any atom is -0.507 e. The van der Waals surface area contributed by atoms with Crippen LogP contribution < -0.4 is 10.2 Å². The van der Waals surface area contributed by atoms with E-state index in [0.717, 1.165) is 18.8 Å². The summed E-state index contributed by atoms with van der Waals surface area (Å²) in [5.41, 5.74) is 3.79. The first-order valence-corrected chi connectivity index (χ1v) is 9.14. The number of rotatable bonds is 4. The van der Waals surface area contributed by atoms with Crippen molar-refractivity contribution in [2.75, 3.05) is 36.5 Å². The molecule has 1 heterocycles. The highest BCUT2D eigenvalue weighted by molar-refractivity contribution is 6.09. The zero-order valence-electron chi connectivity index (χ0n) is 16.0. The number of ether oxygens (including phenoxy) is 1. The van der Waals surface area contributed by atoms with Crippen LogP contribution in [0.1, 0.15) is 16.7 Å². The van der Waals surface area contributed by atoms with Crippen molar-refractivity contribution < 1.29 is 14.6 Å². The van der Waals surface area contributed by atoms with Gasteiger partial charge in [-0.25, -0.2) is 0 Å². The number of phenols is 1. The third-order valence-corrected chi connectivity index (χ3v) is 4.69. The molecule has 3 rings (SSSR count). The lowest BCUT2D eigenvalue weighted by molar-refractivity contribution is -0.112. The van der Waals surface area contributed by atoms with Gasteiger partial charge in [0.05, 0.1) is 13.2 Å². The zero-order valence-corrected chi connectivity index (χ0v) is 16.0. The molecule has 0 unspecified atom stereocenters. The molecule has 0 bridgehead atoms. The van der Waals surface area contributed by atoms with E-state index in [1.165, 1.54) is 6.08 Å². The van der Waals surface area contributed by atoms with E-state index in [0.29, 0.717) is 35.6 Å². The maximum atomic E-state index is 12.5. The summed E-state index contributed by atoms with van der Waals surface area (Å²) in [4.78, 5) is 14.7. The number of anilines is 2. The molecular weight excluding hydrogens is 354 g/mol. The lowest BCUT2D eigenvalue weighted by Crippen LogP contribution is -2.36. The van der Waals surface area contributed by atoms with Gasteiger partial charge < -0.3 is 20.1 Å². The Balaban J connectivity index is 1.72. The normalized spacial score (nSPS) is 14.5. The number of carbonyl (C=O) groups is 1. The van der Waals surface area contributed by atoms with Crippen molar-refractivity contribution in [2.24, 2.45) is 0 Å². The van der Waals surface area contributed by atoms with E-state index in [2.05, 4.69) is 10.2 Å². The number of carbonyl (C=O) groups excluding carboxylic acids is 1. The van der Waals surface area contributed by atoms with Crippen molar-refractivity contribution in [2.45, 2.75) is 13.8 Å². The Bertz CT molecular complexity index is 913. The van der Waals surface area contributed by atoms with E-state index in [1.54, 1.807) is 26.0 Å². The molecule has 1 aliphatic rings. The minimum absolute atomic E-state index is 0.00162. The van der Waals surface area contributed by atoms with Gasteiger partial charge in [-0.05, 0) is 73.0 Å². The number of amides is 1. The van der Waals surface area contributed by atoms with Crippen LogP contribution in [-0.4, -0.2) is 37.3 Å². The lowest BCUT2D eigenvalue weighted by Gasteiger charge is -2.28. The Labute approximate surface area is 164 Å². The Morgan fingerprint density at radius 2 is 1.79 bits per heavy atom. The van der Waals surface area contributed by atoms with E-state index in [1.807, 2.05) is 30.3 Å². The zero-order chi connectivity index (χ0) is 20.1. The Morgan fingerprint density at radius 3 is 2.36 bits per heavy atom. The second kappa shape index (κ2) is 8.59. The van der Waals surface area contributed by atoms with Gasteiger partial charge in [0, 0.05) is 24.5 Å². The molecule has 2 aromatic carbocycles. The Hall–Kier alpha value is -3.30. The van der Waals surface area contributed by atoms with Gasteiger partial charge in [-0.2, -0.15) is 5.26 Å². The topological polar surface area (TPSA) is 85.6 Å². The van der Waals surface area contributed by atoms with Crippen LogP contribution in [0, 0.1) is 25.2 Å². The fourth-order valence-corrected chi connectivity index (χ4v) is 3.16. The first-order valence-electron chi connectivity index (χ1n) is 9.14. The van der Waals surface area contributed by atoms with Gasteiger partial charge in [0.2, 0.25) is 0 Å². The van der Waals surface area contributed by atoms with Crippen LogP contribution in [0.5, 0.6) is 5.75 Å². The summed E-state index contributed by atoms with van der Waals surface area (Å²) in [7, 11) is 0. The molecule has 144 valence electrons. The van der Waals surface area contributed by atoms with Crippen LogP contribution in [0.3, 0.4) is 0 Å². The quantitative estimate of drug-likeness (QED) is 0.630. The molecule has 0 saturated carbocycles. The van der Waals surface area contributed by atoms with Crippen LogP contribution in [0.25, 0.3) is 6.08 Å². The predicted molar refractivity (Wildman–Crippen MR) is 109 cm³/mol. The van der Waals surface area contributed by atoms with Gasteiger partial charge in [0.1, 0.15) is 17.4 Å². The molecule has 6 heteroatoms. The Kier molecular flexibility index (Phi) is 5.97. The summed E-state index contributed by atoms with van der Waals surface area (Å²) < 4.78 is 5.36. The predicted octanol–water partition coefficient (Wildman–Crippen LogP) is 3.39. The number of nitriles is 1. The number of aromatic hydroxyl groups is 1. The SMILES string of the molecule is Cc1cc(/C=C(\C#N)C(=O)Nc2ccc(N3CCOCC3)cc2)cc(C)c1O. The lowest BCUT2D eigenvalue weighted by atomic mass is 10.0. The molecule has 0 radical (unpaired) electrons. The fourth-order valence-electron chi connectivity index (χ4n) is 3.16. The summed E-state index contributed by atoms with van der Waals surface area (Å²) in [5.74, 6) is -0.245. The van der Waals surface area contributed by atoms with Gasteiger partial charge in [0.15, 0.2) is 0 Å². The van der Waals surface area contributed by atoms with Crippen molar-refractivity contribution >= 4 is 23.4 Å².